The number of benzene rings is 2. The van der Waals surface area contributed by atoms with E-state index in [1.54, 1.807) is 41.8 Å². The van der Waals surface area contributed by atoms with Crippen molar-refractivity contribution in [2.24, 2.45) is 0 Å². The van der Waals surface area contributed by atoms with Crippen LogP contribution in [0.15, 0.2) is 59.3 Å². The second-order valence-electron chi connectivity index (χ2n) is 5.23. The number of hydrogen-bond acceptors (Lipinski definition) is 5. The number of carbonyl (C=O) groups is 1. The van der Waals surface area contributed by atoms with Gasteiger partial charge in [0.2, 0.25) is 0 Å². The highest BCUT2D eigenvalue weighted by Gasteiger charge is 2.16. The van der Waals surface area contributed by atoms with Crippen molar-refractivity contribution in [3.8, 4) is 5.75 Å². The first-order valence-electron chi connectivity index (χ1n) is 7.52. The Morgan fingerprint density at radius 1 is 1.12 bits per heavy atom. The molecular formula is C19H16FNO3S. The fourth-order valence-electron chi connectivity index (χ4n) is 2.28. The average Bonchev–Trinajstić information content (AvgIpc) is 3.16. The third-order valence-corrected chi connectivity index (χ3v) is 4.16. The molecule has 0 amide bonds. The molecule has 0 saturated carbocycles. The number of halogens is 1. The fourth-order valence-corrected chi connectivity index (χ4v) is 2.92. The zero-order chi connectivity index (χ0) is 17.6. The number of carbonyl (C=O) groups excluding carboxylic acids is 1. The van der Waals surface area contributed by atoms with Crippen LogP contribution in [-0.2, 0) is 4.74 Å². The summed E-state index contributed by atoms with van der Waals surface area (Å²) < 4.78 is 23.5. The molecule has 0 aliphatic carbocycles. The van der Waals surface area contributed by atoms with Crippen molar-refractivity contribution < 1.29 is 18.7 Å². The molecule has 1 heterocycles. The zero-order valence-electron chi connectivity index (χ0n) is 13.5. The summed E-state index contributed by atoms with van der Waals surface area (Å²) in [6, 6.07) is 13.0. The van der Waals surface area contributed by atoms with E-state index < -0.39 is 0 Å². The molecule has 25 heavy (non-hydrogen) atoms. The van der Waals surface area contributed by atoms with E-state index in [4.69, 9.17) is 9.47 Å². The molecule has 4 nitrogen and oxygen atoms in total. The Bertz CT molecular complexity index is 848. The first-order valence-corrected chi connectivity index (χ1v) is 8.47. The molecule has 6 heteroatoms. The Hall–Kier alpha value is -2.70. The zero-order valence-corrected chi connectivity index (χ0v) is 14.3. The number of nitrogens with one attached hydrogen (secondary N) is 1. The van der Waals surface area contributed by atoms with E-state index >= 15 is 0 Å². The number of anilines is 2. The number of methoxy groups -OCH3 is 1. The Morgan fingerprint density at radius 3 is 2.56 bits per heavy atom. The summed E-state index contributed by atoms with van der Waals surface area (Å²) in [5, 5.41) is 6.80. The predicted octanol–water partition coefficient (Wildman–Crippen LogP) is 4.84. The first-order chi connectivity index (χ1) is 12.2. The highest BCUT2D eigenvalue weighted by molar-refractivity contribution is 7.08. The molecular weight excluding hydrogens is 341 g/mol. The fraction of sp³-hybridized carbons (Fsp3) is 0.105. The molecule has 128 valence electrons. The van der Waals surface area contributed by atoms with Crippen LogP contribution in [0, 0.1) is 5.82 Å². The molecule has 0 fully saturated rings. The van der Waals surface area contributed by atoms with Gasteiger partial charge in [-0.25, -0.2) is 4.39 Å². The highest BCUT2D eigenvalue weighted by Crippen LogP contribution is 2.28. The molecule has 3 aromatic rings. The van der Waals surface area contributed by atoms with E-state index in [1.165, 1.54) is 30.6 Å². The summed E-state index contributed by atoms with van der Waals surface area (Å²) in [6.07, 6.45) is 0. The number of ketones is 1. The van der Waals surface area contributed by atoms with Crippen molar-refractivity contribution in [2.75, 3.05) is 19.2 Å². The summed E-state index contributed by atoms with van der Waals surface area (Å²) in [6.45, 7) is 0.0503. The lowest BCUT2D eigenvalue weighted by atomic mass is 10.0. The number of thiophene rings is 1. The van der Waals surface area contributed by atoms with Gasteiger partial charge in [-0.2, -0.15) is 11.3 Å². The quantitative estimate of drug-likeness (QED) is 0.485. The van der Waals surface area contributed by atoms with Crippen molar-refractivity contribution in [1.29, 1.82) is 0 Å². The Balaban J connectivity index is 1.91. The van der Waals surface area contributed by atoms with E-state index in [-0.39, 0.29) is 18.4 Å². The Kier molecular flexibility index (Phi) is 5.42. The van der Waals surface area contributed by atoms with Crippen LogP contribution in [0.3, 0.4) is 0 Å². The van der Waals surface area contributed by atoms with Crippen LogP contribution >= 0.6 is 11.3 Å². The molecule has 0 atom stereocenters. The van der Waals surface area contributed by atoms with Gasteiger partial charge in [-0.15, -0.1) is 0 Å². The van der Waals surface area contributed by atoms with Crippen LogP contribution in [0.1, 0.15) is 15.9 Å². The molecule has 0 radical (unpaired) electrons. The van der Waals surface area contributed by atoms with Crippen LogP contribution in [-0.4, -0.2) is 19.7 Å². The minimum atomic E-state index is -0.304. The molecule has 2 aromatic carbocycles. The van der Waals surface area contributed by atoms with Crippen molar-refractivity contribution in [3.05, 3.63) is 76.2 Å². The Morgan fingerprint density at radius 2 is 1.88 bits per heavy atom. The average molecular weight is 357 g/mol. The van der Waals surface area contributed by atoms with E-state index in [0.29, 0.717) is 22.6 Å². The molecule has 0 bridgehead atoms. The number of hydrogen-bond donors (Lipinski definition) is 1. The molecule has 0 spiro atoms. The van der Waals surface area contributed by atoms with Crippen molar-refractivity contribution in [2.45, 2.75) is 0 Å². The summed E-state index contributed by atoms with van der Waals surface area (Å²) in [5.74, 6) is 0.0139. The van der Waals surface area contributed by atoms with Gasteiger partial charge in [0.1, 0.15) is 11.6 Å². The van der Waals surface area contributed by atoms with Crippen LogP contribution in [0.2, 0.25) is 0 Å². The maximum absolute atomic E-state index is 13.0. The second kappa shape index (κ2) is 7.92. The summed E-state index contributed by atoms with van der Waals surface area (Å²) in [5.41, 5.74) is 2.46. The minimum absolute atomic E-state index is 0.0503. The number of ether oxygens (including phenoxy) is 2. The van der Waals surface area contributed by atoms with Gasteiger partial charge < -0.3 is 14.8 Å². The lowest BCUT2D eigenvalue weighted by Gasteiger charge is -2.13. The van der Waals surface area contributed by atoms with Gasteiger partial charge >= 0.3 is 0 Å². The first kappa shape index (κ1) is 17.1. The van der Waals surface area contributed by atoms with Crippen LogP contribution in [0.5, 0.6) is 5.75 Å². The van der Waals surface area contributed by atoms with Crippen LogP contribution in [0.25, 0.3) is 0 Å². The second-order valence-corrected chi connectivity index (χ2v) is 6.01. The maximum Gasteiger partial charge on any atom is 0.197 e. The lowest BCUT2D eigenvalue weighted by Crippen LogP contribution is -2.07. The molecule has 1 N–H and O–H groups in total. The van der Waals surface area contributed by atoms with Gasteiger partial charge in [-0.05, 0) is 53.9 Å². The van der Waals surface area contributed by atoms with Gasteiger partial charge in [0.15, 0.2) is 12.6 Å². The van der Waals surface area contributed by atoms with E-state index in [2.05, 4.69) is 5.32 Å². The third kappa shape index (κ3) is 4.23. The minimum Gasteiger partial charge on any atom is -0.467 e. The van der Waals surface area contributed by atoms with Crippen molar-refractivity contribution in [1.82, 2.24) is 0 Å². The van der Waals surface area contributed by atoms with Gasteiger partial charge in [-0.1, -0.05) is 0 Å². The van der Waals surface area contributed by atoms with Gasteiger partial charge in [-0.3, -0.25) is 4.79 Å². The normalized spacial score (nSPS) is 10.5. The van der Waals surface area contributed by atoms with Gasteiger partial charge in [0.25, 0.3) is 0 Å². The standard InChI is InChI=1S/C19H16FNO3S/c1-23-12-24-18-7-6-16(21-15-4-2-14(20)3-5-15)10-17(18)19(22)13-8-9-25-11-13/h2-11,21H,12H2,1H3. The lowest BCUT2D eigenvalue weighted by molar-refractivity contribution is 0.0503. The largest absolute Gasteiger partial charge is 0.467 e. The third-order valence-electron chi connectivity index (χ3n) is 3.47. The van der Waals surface area contributed by atoms with Crippen LogP contribution < -0.4 is 10.1 Å². The molecule has 0 saturated heterocycles. The monoisotopic (exact) mass is 357 g/mol. The van der Waals surface area contributed by atoms with E-state index in [0.717, 1.165) is 5.69 Å². The molecule has 3 rings (SSSR count). The maximum atomic E-state index is 13.0. The predicted molar refractivity (Wildman–Crippen MR) is 96.4 cm³/mol. The molecule has 0 aliphatic heterocycles. The summed E-state index contributed by atoms with van der Waals surface area (Å²) in [4.78, 5) is 12.7. The smallest absolute Gasteiger partial charge is 0.197 e. The van der Waals surface area contributed by atoms with Crippen LogP contribution in [0.4, 0.5) is 15.8 Å². The summed E-state index contributed by atoms with van der Waals surface area (Å²) >= 11 is 1.46. The SMILES string of the molecule is COCOc1ccc(Nc2ccc(F)cc2)cc1C(=O)c1ccsc1. The van der Waals surface area contributed by atoms with Gasteiger partial charge in [0, 0.05) is 29.4 Å². The van der Waals surface area contributed by atoms with E-state index in [1.807, 2.05) is 5.38 Å². The molecule has 1 aromatic heterocycles. The number of rotatable bonds is 7. The Labute approximate surface area is 148 Å². The van der Waals surface area contributed by atoms with E-state index in [9.17, 15) is 9.18 Å². The van der Waals surface area contributed by atoms with Gasteiger partial charge in [0.05, 0.1) is 5.56 Å². The molecule has 0 aliphatic rings. The highest BCUT2D eigenvalue weighted by atomic mass is 32.1. The summed E-state index contributed by atoms with van der Waals surface area (Å²) in [7, 11) is 1.52. The topological polar surface area (TPSA) is 47.6 Å². The van der Waals surface area contributed by atoms with Crippen molar-refractivity contribution >= 4 is 28.5 Å². The van der Waals surface area contributed by atoms with Crippen molar-refractivity contribution in [3.63, 3.8) is 0 Å². The molecule has 0 unspecified atom stereocenters.